The fraction of sp³-hybridized carbons (Fsp3) is 0. The fourth-order valence-corrected chi connectivity index (χ4v) is 8.74. The maximum absolute atomic E-state index is 6.80. The summed E-state index contributed by atoms with van der Waals surface area (Å²) in [6, 6.07) is 41.1. The molecule has 0 radical (unpaired) electrons. The van der Waals surface area contributed by atoms with Crippen LogP contribution in [0.3, 0.4) is 0 Å². The van der Waals surface area contributed by atoms with Gasteiger partial charge in [0.15, 0.2) is 5.58 Å². The minimum absolute atomic E-state index is 0.926. The van der Waals surface area contributed by atoms with E-state index >= 15 is 0 Å². The third-order valence-corrected chi connectivity index (χ3v) is 10.1. The maximum atomic E-state index is 6.80. The molecular weight excluding hydrogens is 503 g/mol. The monoisotopic (exact) mass is 521 g/mol. The van der Waals surface area contributed by atoms with Crippen molar-refractivity contribution in [2.24, 2.45) is 0 Å². The zero-order valence-electron chi connectivity index (χ0n) is 20.1. The van der Waals surface area contributed by atoms with Gasteiger partial charge in [-0.2, -0.15) is 0 Å². The summed E-state index contributed by atoms with van der Waals surface area (Å²) in [5.41, 5.74) is 6.44. The number of rotatable bonds is 2. The molecule has 4 aromatic heterocycles. The summed E-state index contributed by atoms with van der Waals surface area (Å²) in [4.78, 5) is 1.27. The van der Waals surface area contributed by atoms with Gasteiger partial charge in [-0.3, -0.25) is 4.57 Å². The molecule has 9 aromatic rings. The Labute approximate surface area is 225 Å². The normalized spacial score (nSPS) is 12.2. The molecule has 0 aliphatic rings. The highest BCUT2D eigenvalue weighted by Gasteiger charge is 2.23. The highest BCUT2D eigenvalue weighted by Crippen LogP contribution is 2.49. The molecule has 0 bridgehead atoms. The van der Waals surface area contributed by atoms with Crippen LogP contribution in [0.2, 0.25) is 0 Å². The van der Waals surface area contributed by atoms with Crippen molar-refractivity contribution in [3.05, 3.63) is 115 Å². The molecule has 2 nitrogen and oxygen atoms in total. The number of fused-ring (bicyclic) bond motifs is 10. The van der Waals surface area contributed by atoms with Crippen LogP contribution in [0.1, 0.15) is 0 Å². The third kappa shape index (κ3) is 2.66. The van der Waals surface area contributed by atoms with Crippen molar-refractivity contribution in [2.45, 2.75) is 0 Å². The lowest BCUT2D eigenvalue weighted by Gasteiger charge is -2.07. The average Bonchev–Trinajstić information content (AvgIpc) is 3.70. The van der Waals surface area contributed by atoms with Crippen LogP contribution in [-0.2, 0) is 0 Å². The Kier molecular flexibility index (Phi) is 4.12. The van der Waals surface area contributed by atoms with E-state index in [-0.39, 0.29) is 0 Å². The minimum atomic E-state index is 0.926. The Bertz CT molecular complexity index is 2350. The van der Waals surface area contributed by atoms with Crippen molar-refractivity contribution in [3.63, 3.8) is 0 Å². The Morgan fingerprint density at radius 1 is 0.526 bits per heavy atom. The van der Waals surface area contributed by atoms with Crippen molar-refractivity contribution in [1.82, 2.24) is 4.57 Å². The Morgan fingerprint density at radius 3 is 2.13 bits per heavy atom. The molecule has 0 aliphatic carbocycles. The number of para-hydroxylation sites is 3. The van der Waals surface area contributed by atoms with Crippen LogP contribution >= 0.6 is 22.7 Å². The van der Waals surface area contributed by atoms with Crippen LogP contribution in [0, 0.1) is 0 Å². The van der Waals surface area contributed by atoms with Gasteiger partial charge in [0.25, 0.3) is 0 Å². The molecule has 9 rings (SSSR count). The number of aromatic nitrogens is 1. The molecule has 0 aliphatic heterocycles. The second-order valence-corrected chi connectivity index (χ2v) is 12.0. The van der Waals surface area contributed by atoms with Crippen molar-refractivity contribution in [2.75, 3.05) is 0 Å². The first-order valence-corrected chi connectivity index (χ1v) is 14.3. The van der Waals surface area contributed by atoms with E-state index in [0.29, 0.717) is 0 Å². The molecular formula is C34H19NOS2. The van der Waals surface area contributed by atoms with Crippen LogP contribution in [0.5, 0.6) is 0 Å². The Balaban J connectivity index is 1.42. The van der Waals surface area contributed by atoms with Crippen molar-refractivity contribution < 1.29 is 4.42 Å². The molecule has 0 saturated carbocycles. The van der Waals surface area contributed by atoms with Crippen molar-refractivity contribution >= 4 is 85.2 Å². The van der Waals surface area contributed by atoms with Crippen LogP contribution in [0.4, 0.5) is 0 Å². The van der Waals surface area contributed by atoms with Crippen LogP contribution in [0.15, 0.2) is 120 Å². The van der Waals surface area contributed by atoms with E-state index in [1.807, 2.05) is 22.7 Å². The summed E-state index contributed by atoms with van der Waals surface area (Å²) in [7, 11) is 0. The summed E-state index contributed by atoms with van der Waals surface area (Å²) in [6.07, 6.45) is 0. The van der Waals surface area contributed by atoms with Crippen molar-refractivity contribution in [1.29, 1.82) is 0 Å². The molecule has 5 aromatic carbocycles. The van der Waals surface area contributed by atoms with Gasteiger partial charge in [-0.05, 0) is 23.8 Å². The highest BCUT2D eigenvalue weighted by atomic mass is 32.2. The van der Waals surface area contributed by atoms with Gasteiger partial charge >= 0.3 is 0 Å². The topological polar surface area (TPSA) is 18.1 Å². The van der Waals surface area contributed by atoms with Gasteiger partial charge in [0.2, 0.25) is 0 Å². The standard InChI is InChI=1S/C34H19NOS2/c1-2-10-20(11-3-1)21-14-8-15-22-23-16-9-18-27(32(23)36-31(21)22)35-26-17-6-4-12-24(26)29-30-25-13-5-7-19-28(25)37-34(30)38-33(29)35/h1-19H. The summed E-state index contributed by atoms with van der Waals surface area (Å²) in [5.74, 6) is 0. The quantitative estimate of drug-likeness (QED) is 0.221. The number of furan rings is 1. The number of hydrogen-bond donors (Lipinski definition) is 0. The smallest absolute Gasteiger partial charge is 0.159 e. The molecule has 4 heteroatoms. The minimum Gasteiger partial charge on any atom is -0.453 e. The number of benzene rings is 5. The fourth-order valence-electron chi connectivity index (χ4n) is 6.04. The van der Waals surface area contributed by atoms with E-state index in [9.17, 15) is 0 Å². The van der Waals surface area contributed by atoms with Gasteiger partial charge < -0.3 is 4.42 Å². The van der Waals surface area contributed by atoms with E-state index in [2.05, 4.69) is 120 Å². The zero-order chi connectivity index (χ0) is 24.8. The van der Waals surface area contributed by atoms with Gasteiger partial charge in [0, 0.05) is 42.6 Å². The molecule has 4 heterocycles. The molecule has 0 N–H and O–H groups in total. The first-order chi connectivity index (χ1) is 18.9. The molecule has 38 heavy (non-hydrogen) atoms. The highest BCUT2D eigenvalue weighted by molar-refractivity contribution is 7.44. The number of nitrogens with zero attached hydrogens (tertiary/aromatic N) is 1. The van der Waals surface area contributed by atoms with E-state index < -0.39 is 0 Å². The first-order valence-electron chi connectivity index (χ1n) is 12.7. The van der Waals surface area contributed by atoms with Crippen LogP contribution in [0.25, 0.3) is 79.4 Å². The van der Waals surface area contributed by atoms with E-state index in [1.165, 1.54) is 40.6 Å². The SMILES string of the molecule is c1ccc(-c2cccc3c2oc2c(-n4c5ccccc5c5c6c(sc7ccccc76)sc54)cccc23)cc1. The van der Waals surface area contributed by atoms with Gasteiger partial charge in [0.05, 0.1) is 15.2 Å². The van der Waals surface area contributed by atoms with Gasteiger partial charge in [-0.15, -0.1) is 22.7 Å². The summed E-state index contributed by atoms with van der Waals surface area (Å²) in [5, 5.41) is 7.64. The third-order valence-electron chi connectivity index (χ3n) is 7.66. The number of thiophene rings is 2. The van der Waals surface area contributed by atoms with Gasteiger partial charge in [-0.1, -0.05) is 97.1 Å². The first kappa shape index (κ1) is 20.7. The second kappa shape index (κ2) is 7.57. The van der Waals surface area contributed by atoms with Crippen LogP contribution < -0.4 is 0 Å². The molecule has 0 unspecified atom stereocenters. The van der Waals surface area contributed by atoms with Gasteiger partial charge in [-0.25, -0.2) is 0 Å². The molecule has 0 saturated heterocycles. The van der Waals surface area contributed by atoms with E-state index in [1.54, 1.807) is 0 Å². The molecule has 0 spiro atoms. The van der Waals surface area contributed by atoms with Crippen LogP contribution in [-0.4, -0.2) is 4.57 Å². The molecule has 0 amide bonds. The maximum Gasteiger partial charge on any atom is 0.159 e. The predicted octanol–water partition coefficient (Wildman–Crippen LogP) is 10.8. The molecule has 0 atom stereocenters. The lowest BCUT2D eigenvalue weighted by Crippen LogP contribution is -1.92. The number of hydrogen-bond acceptors (Lipinski definition) is 3. The van der Waals surface area contributed by atoms with E-state index in [4.69, 9.17) is 4.42 Å². The second-order valence-electron chi connectivity index (χ2n) is 9.70. The van der Waals surface area contributed by atoms with Crippen molar-refractivity contribution in [3.8, 4) is 16.8 Å². The Morgan fingerprint density at radius 2 is 1.24 bits per heavy atom. The Hall–Kier alpha value is -4.38. The summed E-state index contributed by atoms with van der Waals surface area (Å²) in [6.45, 7) is 0. The predicted molar refractivity (Wildman–Crippen MR) is 164 cm³/mol. The molecule has 0 fully saturated rings. The van der Waals surface area contributed by atoms with Gasteiger partial charge in [0.1, 0.15) is 10.4 Å². The largest absolute Gasteiger partial charge is 0.453 e. The zero-order valence-corrected chi connectivity index (χ0v) is 21.8. The molecule has 178 valence electrons. The summed E-state index contributed by atoms with van der Waals surface area (Å²) < 4.78 is 11.9. The lowest BCUT2D eigenvalue weighted by molar-refractivity contribution is 0.667. The average molecular weight is 522 g/mol. The van der Waals surface area contributed by atoms with E-state index in [0.717, 1.165) is 38.8 Å². The lowest BCUT2D eigenvalue weighted by atomic mass is 10.0. The summed E-state index contributed by atoms with van der Waals surface area (Å²) >= 11 is 3.78.